The average molecular weight is 1280 g/mol. The summed E-state index contributed by atoms with van der Waals surface area (Å²) in [4.78, 5) is 76.6. The molecule has 0 aliphatic heterocycles. The van der Waals surface area contributed by atoms with Gasteiger partial charge >= 0.3 is 12.4 Å². The van der Waals surface area contributed by atoms with E-state index in [-0.39, 0.29) is 92.8 Å². The summed E-state index contributed by atoms with van der Waals surface area (Å²) in [7, 11) is 0. The summed E-state index contributed by atoms with van der Waals surface area (Å²) >= 11 is 14.7. The predicted molar refractivity (Wildman–Crippen MR) is 298 cm³/mol. The highest BCUT2D eigenvalue weighted by Crippen LogP contribution is 2.39. The highest BCUT2D eigenvalue weighted by atomic mass is 32.1. The summed E-state index contributed by atoms with van der Waals surface area (Å²) < 4.78 is 188. The highest BCUT2D eigenvalue weighted by Gasteiger charge is 2.33. The molecule has 0 aliphatic carbocycles. The number of rotatable bonds is 6. The third-order valence-electron chi connectivity index (χ3n) is 12.3. The summed E-state index contributed by atoms with van der Waals surface area (Å²) in [5.41, 5.74) is -5.40. The number of fused-ring (bicyclic) bond motifs is 3. The molecule has 32 heteroatoms. The second-order valence-corrected chi connectivity index (χ2v) is 19.5. The maximum atomic E-state index is 13.8. The van der Waals surface area contributed by atoms with Gasteiger partial charge < -0.3 is 15.0 Å². The Kier molecular flexibility index (Phi) is 16.5. The quantitative estimate of drug-likeness (QED) is 0.0520. The van der Waals surface area contributed by atoms with Crippen LogP contribution in [0.5, 0.6) is 0 Å². The first-order valence-corrected chi connectivity index (χ1v) is 25.6. The van der Waals surface area contributed by atoms with E-state index >= 15 is 0 Å². The zero-order valence-corrected chi connectivity index (χ0v) is 45.4. The monoisotopic (exact) mass is 1280 g/mol. The normalized spacial score (nSPS) is 11.6. The van der Waals surface area contributed by atoms with Gasteiger partial charge in [0.25, 0.3) is 16.7 Å². The van der Waals surface area contributed by atoms with Gasteiger partial charge in [-0.25, -0.2) is 65.0 Å². The number of aromatic nitrogens is 12. The fourth-order valence-corrected chi connectivity index (χ4v) is 9.06. The van der Waals surface area contributed by atoms with Crippen molar-refractivity contribution in [2.75, 3.05) is 0 Å². The van der Waals surface area contributed by atoms with Crippen molar-refractivity contribution in [2.45, 2.75) is 12.4 Å². The van der Waals surface area contributed by atoms with Gasteiger partial charge in [0.1, 0.15) is 11.6 Å². The number of alkyl halides is 6. The molecule has 6 heterocycles. The van der Waals surface area contributed by atoms with E-state index in [1.54, 1.807) is 12.1 Å². The van der Waals surface area contributed by atoms with Gasteiger partial charge in [0.15, 0.2) is 82.7 Å². The average Bonchev–Trinajstić information content (AvgIpc) is 0.914. The van der Waals surface area contributed by atoms with Crippen LogP contribution in [0.1, 0.15) is 11.1 Å². The molecule has 0 aliphatic rings. The summed E-state index contributed by atoms with van der Waals surface area (Å²) in [6.45, 7) is 0. The molecule has 6 aromatic heterocycles. The van der Waals surface area contributed by atoms with Crippen LogP contribution in [0.4, 0.5) is 61.5 Å². The number of hydrogen-bond acceptors (Lipinski definition) is 12. The molecule has 0 amide bonds. The van der Waals surface area contributed by atoms with E-state index in [2.05, 4.69) is 59.8 Å². The molecule has 12 rings (SSSR count). The molecule has 6 N–H and O–H groups in total. The smallest absolute Gasteiger partial charge is 0.315 e. The van der Waals surface area contributed by atoms with Crippen molar-refractivity contribution in [1.29, 1.82) is 0 Å². The van der Waals surface area contributed by atoms with Crippen LogP contribution in [0.2, 0.25) is 0 Å². The number of halogens is 14. The first-order chi connectivity index (χ1) is 41.6. The van der Waals surface area contributed by atoms with Gasteiger partial charge in [0, 0.05) is 33.4 Å². The van der Waals surface area contributed by atoms with Crippen molar-refractivity contribution >= 4 is 70.1 Å². The summed E-state index contributed by atoms with van der Waals surface area (Å²) in [6, 6.07) is 21.9. The van der Waals surface area contributed by atoms with E-state index in [1.807, 2.05) is 0 Å². The van der Waals surface area contributed by atoms with Gasteiger partial charge in [0.05, 0.1) is 45.3 Å². The van der Waals surface area contributed by atoms with Gasteiger partial charge in [0.2, 0.25) is 0 Å². The molecular weight excluding hydrogens is 1250 g/mol. The van der Waals surface area contributed by atoms with Crippen LogP contribution in [0.3, 0.4) is 0 Å². The number of H-pyrrole nitrogens is 6. The third kappa shape index (κ3) is 12.8. The lowest BCUT2D eigenvalue weighted by Crippen LogP contribution is -2.12. The minimum Gasteiger partial charge on any atom is -0.315 e. The Morgan fingerprint density at radius 1 is 0.318 bits per heavy atom. The second-order valence-electron chi connectivity index (χ2n) is 18.3. The van der Waals surface area contributed by atoms with Crippen molar-refractivity contribution in [1.82, 2.24) is 59.8 Å². The summed E-state index contributed by atoms with van der Waals surface area (Å²) in [5, 5.41) is 0. The van der Waals surface area contributed by atoms with Crippen LogP contribution in [0.15, 0.2) is 136 Å². The van der Waals surface area contributed by atoms with Crippen molar-refractivity contribution < 1.29 is 61.5 Å². The van der Waals surface area contributed by atoms with Gasteiger partial charge in [-0.15, -0.1) is 0 Å². The molecule has 0 saturated heterocycles. The Hall–Kier alpha value is -10.3. The van der Waals surface area contributed by atoms with Crippen LogP contribution in [-0.2, 0) is 12.4 Å². The van der Waals surface area contributed by atoms with Gasteiger partial charge in [-0.3, -0.25) is 29.3 Å². The van der Waals surface area contributed by atoms with Crippen LogP contribution < -0.4 is 16.7 Å². The maximum absolute atomic E-state index is 13.8. The molecular formula is C56H26F14N12O3S3. The van der Waals surface area contributed by atoms with Crippen LogP contribution in [0, 0.1) is 60.9 Å². The molecule has 12 aromatic rings. The van der Waals surface area contributed by atoms with Crippen molar-refractivity contribution in [3.63, 3.8) is 0 Å². The lowest BCUT2D eigenvalue weighted by atomic mass is 10.0. The minimum atomic E-state index is -4.67. The van der Waals surface area contributed by atoms with E-state index in [0.717, 1.165) is 36.4 Å². The number of hydrogen-bond donors (Lipinski definition) is 6. The van der Waals surface area contributed by atoms with Crippen molar-refractivity contribution in [3.8, 4) is 67.5 Å². The fourth-order valence-electron chi connectivity index (χ4n) is 8.50. The topological polar surface area (TPSA) is 223 Å². The molecule has 88 heavy (non-hydrogen) atoms. The molecule has 0 bridgehead atoms. The maximum Gasteiger partial charge on any atom is 0.416 e. The van der Waals surface area contributed by atoms with Crippen LogP contribution >= 0.6 is 36.7 Å². The standard InChI is InChI=1S/C20H10F6N4OS.C18H6F6N4OS.C18H10F2N4OS/c21-19(22,23)11-5-1-3-9(7-11)13-14(10-4-2-6-12(8-10)20(24,25)26)28-16-15(27-13)17(31)30-18(32)29-16;19-7-1-5(2-8(20)11(7)23)13-14(6-3-9(21)12(24)10(22)4-6)26-16-15(25-13)17(29)28-18(30)27-16;19-11-5-1-3-9(7-11)13-14(10-4-2-6-12(20)8-10)22-16-15(21-13)17(25)24-18(26)23-16/h1-8H,(H2,28,29,30,31,32);1-4H,(H2,26,27,28,29,30);1-8H,(H2,22,23,24,25,26). The Bertz CT molecular complexity index is 5160. The van der Waals surface area contributed by atoms with Crippen LogP contribution in [-0.4, -0.2) is 59.8 Å². The number of nitrogens with zero attached hydrogens (tertiary/aromatic N) is 6. The van der Waals surface area contributed by atoms with E-state index in [9.17, 15) is 75.8 Å². The molecule has 0 spiro atoms. The number of benzene rings is 6. The lowest BCUT2D eigenvalue weighted by Gasteiger charge is -2.13. The fraction of sp³-hybridized carbons (Fsp3) is 0.0357. The Balaban J connectivity index is 0.000000147. The molecule has 0 atom stereocenters. The molecule has 444 valence electrons. The summed E-state index contributed by atoms with van der Waals surface area (Å²) in [6.07, 6.45) is -9.33. The first-order valence-electron chi connectivity index (χ1n) is 24.4. The predicted octanol–water partition coefficient (Wildman–Crippen LogP) is 14.3. The van der Waals surface area contributed by atoms with Gasteiger partial charge in [-0.1, -0.05) is 48.5 Å². The van der Waals surface area contributed by atoms with Crippen molar-refractivity contribution in [2.24, 2.45) is 0 Å². The largest absolute Gasteiger partial charge is 0.416 e. The van der Waals surface area contributed by atoms with Gasteiger partial charge in [-0.2, -0.15) is 26.3 Å². The Morgan fingerprint density at radius 3 is 0.875 bits per heavy atom. The highest BCUT2D eigenvalue weighted by molar-refractivity contribution is 7.71. The van der Waals surface area contributed by atoms with E-state index in [0.29, 0.717) is 41.1 Å². The lowest BCUT2D eigenvalue weighted by molar-refractivity contribution is -0.138. The zero-order valence-electron chi connectivity index (χ0n) is 43.0. The number of aromatic amines is 6. The van der Waals surface area contributed by atoms with Crippen LogP contribution in [0.25, 0.3) is 101 Å². The minimum absolute atomic E-state index is 0.0259. The molecule has 0 unspecified atom stereocenters. The summed E-state index contributed by atoms with van der Waals surface area (Å²) in [5.74, 6) is -10.7. The van der Waals surface area contributed by atoms with E-state index in [1.165, 1.54) is 48.5 Å². The molecule has 15 nitrogen and oxygen atoms in total. The third-order valence-corrected chi connectivity index (χ3v) is 13.0. The molecule has 0 radical (unpaired) electrons. The molecule has 6 aromatic carbocycles. The Labute approximate surface area is 493 Å². The van der Waals surface area contributed by atoms with Gasteiger partial charge in [-0.05, 0) is 109 Å². The molecule has 0 fully saturated rings. The van der Waals surface area contributed by atoms with E-state index in [4.69, 9.17) is 36.7 Å². The Morgan fingerprint density at radius 2 is 0.580 bits per heavy atom. The SMILES string of the molecule is O=c1[nH]c(=S)[nH]c2nc(-c3cc(F)c(F)c(F)c3)c(-c3cc(F)c(F)c(F)c3)nc12.O=c1[nH]c(=S)[nH]c2nc(-c3cccc(C(F)(F)F)c3)c(-c3cccc(C(F)(F)F)c3)nc12.O=c1[nH]c(=S)[nH]c2nc(-c3cccc(F)c3)c(-c3cccc(F)c3)nc12. The van der Waals surface area contributed by atoms with Crippen molar-refractivity contribution in [3.05, 3.63) is 224 Å². The van der Waals surface area contributed by atoms with E-state index < -0.39 is 92.4 Å². The number of nitrogens with one attached hydrogen (secondary N) is 6. The molecule has 0 saturated carbocycles. The second kappa shape index (κ2) is 23.8. The zero-order chi connectivity index (χ0) is 63.3. The first kappa shape index (κ1) is 60.8.